The summed E-state index contributed by atoms with van der Waals surface area (Å²) < 4.78 is 0. The Hall–Kier alpha value is -1.82. The number of pyridine rings is 1. The standard InChI is InChI=1S/C16H25N5O/c1-19-8-10-20(11-9-19)15-12-14(4-5-17-15)13-18-16(22)21-6-2-3-7-21/h4-5,12H,2-3,6-11,13H2,1H3,(H,18,22). The Bertz CT molecular complexity index is 507. The van der Waals surface area contributed by atoms with E-state index >= 15 is 0 Å². The van der Waals surface area contributed by atoms with E-state index in [-0.39, 0.29) is 6.03 Å². The van der Waals surface area contributed by atoms with E-state index in [1.54, 1.807) is 0 Å². The summed E-state index contributed by atoms with van der Waals surface area (Å²) in [5, 5.41) is 3.01. The van der Waals surface area contributed by atoms with E-state index in [4.69, 9.17) is 0 Å². The number of hydrogen-bond donors (Lipinski definition) is 1. The van der Waals surface area contributed by atoms with E-state index in [2.05, 4.69) is 33.2 Å². The number of likely N-dealkylation sites (N-methyl/N-ethyl adjacent to an activating group) is 1. The van der Waals surface area contributed by atoms with Gasteiger partial charge in [-0.3, -0.25) is 0 Å². The molecule has 2 aliphatic heterocycles. The third kappa shape index (κ3) is 3.68. The van der Waals surface area contributed by atoms with Gasteiger partial charge in [-0.25, -0.2) is 9.78 Å². The van der Waals surface area contributed by atoms with Crippen molar-refractivity contribution in [2.24, 2.45) is 0 Å². The van der Waals surface area contributed by atoms with E-state index in [9.17, 15) is 4.79 Å². The number of carbonyl (C=O) groups excluding carboxylic acids is 1. The molecule has 1 aromatic rings. The van der Waals surface area contributed by atoms with Gasteiger partial charge in [0.1, 0.15) is 5.82 Å². The number of amides is 2. The minimum Gasteiger partial charge on any atom is -0.354 e. The first-order valence-electron chi connectivity index (χ1n) is 8.13. The predicted octanol–water partition coefficient (Wildman–Crippen LogP) is 1.14. The zero-order valence-electron chi connectivity index (χ0n) is 13.3. The van der Waals surface area contributed by atoms with Crippen LogP contribution in [0.25, 0.3) is 0 Å². The number of nitrogens with zero attached hydrogens (tertiary/aromatic N) is 4. The van der Waals surface area contributed by atoms with Crippen LogP contribution in [-0.2, 0) is 6.54 Å². The van der Waals surface area contributed by atoms with Gasteiger partial charge in [-0.15, -0.1) is 0 Å². The quantitative estimate of drug-likeness (QED) is 0.910. The molecular weight excluding hydrogens is 278 g/mol. The van der Waals surface area contributed by atoms with Crippen LogP contribution in [0.1, 0.15) is 18.4 Å². The van der Waals surface area contributed by atoms with Crippen LogP contribution in [-0.4, -0.2) is 67.1 Å². The molecule has 6 nitrogen and oxygen atoms in total. The molecule has 0 radical (unpaired) electrons. The molecule has 0 unspecified atom stereocenters. The van der Waals surface area contributed by atoms with Gasteiger partial charge in [0.15, 0.2) is 0 Å². The van der Waals surface area contributed by atoms with Crippen LogP contribution in [0.15, 0.2) is 18.3 Å². The smallest absolute Gasteiger partial charge is 0.317 e. The average Bonchev–Trinajstić information content (AvgIpc) is 3.08. The fourth-order valence-corrected chi connectivity index (χ4v) is 2.99. The van der Waals surface area contributed by atoms with Crippen molar-refractivity contribution in [1.82, 2.24) is 20.1 Å². The first-order valence-corrected chi connectivity index (χ1v) is 8.13. The van der Waals surface area contributed by atoms with Gasteiger partial charge in [-0.05, 0) is 37.6 Å². The van der Waals surface area contributed by atoms with E-state index in [0.717, 1.165) is 63.5 Å². The van der Waals surface area contributed by atoms with Crippen molar-refractivity contribution in [3.63, 3.8) is 0 Å². The maximum absolute atomic E-state index is 12.0. The van der Waals surface area contributed by atoms with Crippen LogP contribution < -0.4 is 10.2 Å². The molecule has 1 N–H and O–H groups in total. The number of aromatic nitrogens is 1. The summed E-state index contributed by atoms with van der Waals surface area (Å²) in [6, 6.07) is 4.12. The lowest BCUT2D eigenvalue weighted by atomic mass is 10.2. The van der Waals surface area contributed by atoms with Crippen molar-refractivity contribution in [1.29, 1.82) is 0 Å². The molecular formula is C16H25N5O. The Kier molecular flexibility index (Phi) is 4.77. The summed E-state index contributed by atoms with van der Waals surface area (Å²) in [4.78, 5) is 23.0. The zero-order valence-corrected chi connectivity index (χ0v) is 13.3. The Balaban J connectivity index is 1.55. The zero-order chi connectivity index (χ0) is 15.4. The van der Waals surface area contributed by atoms with Crippen LogP contribution in [0, 0.1) is 0 Å². The summed E-state index contributed by atoms with van der Waals surface area (Å²) >= 11 is 0. The predicted molar refractivity (Wildman–Crippen MR) is 87.0 cm³/mol. The number of anilines is 1. The van der Waals surface area contributed by atoms with Crippen LogP contribution in [0.4, 0.5) is 10.6 Å². The van der Waals surface area contributed by atoms with E-state index < -0.39 is 0 Å². The third-order valence-electron chi connectivity index (χ3n) is 4.47. The minimum atomic E-state index is 0.0514. The summed E-state index contributed by atoms with van der Waals surface area (Å²) in [5.41, 5.74) is 1.11. The number of piperazine rings is 1. The first kappa shape index (κ1) is 15.1. The molecule has 0 saturated carbocycles. The number of nitrogens with one attached hydrogen (secondary N) is 1. The van der Waals surface area contributed by atoms with Crippen LogP contribution >= 0.6 is 0 Å². The Labute approximate surface area is 132 Å². The monoisotopic (exact) mass is 303 g/mol. The Morgan fingerprint density at radius 1 is 1.18 bits per heavy atom. The van der Waals surface area contributed by atoms with Gasteiger partial charge in [0.05, 0.1) is 0 Å². The molecule has 22 heavy (non-hydrogen) atoms. The molecule has 6 heteroatoms. The molecule has 3 heterocycles. The lowest BCUT2D eigenvalue weighted by molar-refractivity contribution is 0.208. The molecule has 0 spiro atoms. The number of carbonyl (C=O) groups is 1. The molecule has 2 fully saturated rings. The van der Waals surface area contributed by atoms with Crippen molar-refractivity contribution in [2.45, 2.75) is 19.4 Å². The van der Waals surface area contributed by atoms with E-state index in [1.165, 1.54) is 0 Å². The van der Waals surface area contributed by atoms with Crippen molar-refractivity contribution in [2.75, 3.05) is 51.2 Å². The molecule has 1 aromatic heterocycles. The summed E-state index contributed by atoms with van der Waals surface area (Å²) in [7, 11) is 2.15. The SMILES string of the molecule is CN1CCN(c2cc(CNC(=O)N3CCCC3)ccn2)CC1. The van der Waals surface area contributed by atoms with Crippen LogP contribution in [0.3, 0.4) is 0 Å². The number of rotatable bonds is 3. The fraction of sp³-hybridized carbons (Fsp3) is 0.625. The van der Waals surface area contributed by atoms with Crippen molar-refractivity contribution < 1.29 is 4.79 Å². The van der Waals surface area contributed by atoms with Crippen molar-refractivity contribution in [3.05, 3.63) is 23.9 Å². The third-order valence-corrected chi connectivity index (χ3v) is 4.47. The molecule has 2 amide bonds. The maximum atomic E-state index is 12.0. The Morgan fingerprint density at radius 3 is 2.64 bits per heavy atom. The van der Waals surface area contributed by atoms with Crippen LogP contribution in [0.5, 0.6) is 0 Å². The minimum absolute atomic E-state index is 0.0514. The summed E-state index contributed by atoms with van der Waals surface area (Å²) in [5.74, 6) is 1.01. The molecule has 0 aliphatic carbocycles. The van der Waals surface area contributed by atoms with Crippen molar-refractivity contribution in [3.8, 4) is 0 Å². The highest BCUT2D eigenvalue weighted by Gasteiger charge is 2.18. The highest BCUT2D eigenvalue weighted by atomic mass is 16.2. The molecule has 2 aliphatic rings. The lowest BCUT2D eigenvalue weighted by Gasteiger charge is -2.33. The first-order chi connectivity index (χ1) is 10.7. The fourth-order valence-electron chi connectivity index (χ4n) is 2.99. The topological polar surface area (TPSA) is 51.7 Å². The highest BCUT2D eigenvalue weighted by Crippen LogP contribution is 2.15. The van der Waals surface area contributed by atoms with Gasteiger partial charge in [-0.2, -0.15) is 0 Å². The molecule has 0 bridgehead atoms. The van der Waals surface area contributed by atoms with Gasteiger partial charge in [0.2, 0.25) is 0 Å². The largest absolute Gasteiger partial charge is 0.354 e. The maximum Gasteiger partial charge on any atom is 0.317 e. The molecule has 0 atom stereocenters. The molecule has 120 valence electrons. The highest BCUT2D eigenvalue weighted by molar-refractivity contribution is 5.74. The summed E-state index contributed by atoms with van der Waals surface area (Å²) in [6.07, 6.45) is 4.08. The number of likely N-dealkylation sites (tertiary alicyclic amines) is 1. The Morgan fingerprint density at radius 2 is 1.91 bits per heavy atom. The lowest BCUT2D eigenvalue weighted by Crippen LogP contribution is -2.44. The van der Waals surface area contributed by atoms with Gasteiger partial charge in [0, 0.05) is 52.0 Å². The summed E-state index contributed by atoms with van der Waals surface area (Å²) in [6.45, 7) is 6.48. The van der Waals surface area contributed by atoms with Gasteiger partial charge in [0.25, 0.3) is 0 Å². The van der Waals surface area contributed by atoms with Gasteiger partial charge in [-0.1, -0.05) is 0 Å². The molecule has 0 aromatic carbocycles. The number of hydrogen-bond acceptors (Lipinski definition) is 4. The second-order valence-corrected chi connectivity index (χ2v) is 6.17. The molecule has 3 rings (SSSR count). The number of urea groups is 1. The van der Waals surface area contributed by atoms with E-state index in [0.29, 0.717) is 6.54 Å². The normalized spacial score (nSPS) is 19.5. The van der Waals surface area contributed by atoms with Gasteiger partial charge >= 0.3 is 6.03 Å². The van der Waals surface area contributed by atoms with Crippen LogP contribution in [0.2, 0.25) is 0 Å². The van der Waals surface area contributed by atoms with Crippen molar-refractivity contribution >= 4 is 11.8 Å². The molecule has 2 saturated heterocycles. The van der Waals surface area contributed by atoms with E-state index in [1.807, 2.05) is 17.2 Å². The average molecular weight is 303 g/mol. The second-order valence-electron chi connectivity index (χ2n) is 6.17. The second kappa shape index (κ2) is 6.96. The van der Waals surface area contributed by atoms with Gasteiger partial charge < -0.3 is 20.0 Å².